The van der Waals surface area contributed by atoms with Gasteiger partial charge in [-0.2, -0.15) is 0 Å². The molecule has 7 heteroatoms. The Bertz CT molecular complexity index is 641. The SMILES string of the molecule is O=C(NCc1ccccn1)N1CCN(Cc2ccc(Cl)s2)CC1. The maximum atomic E-state index is 12.2. The van der Waals surface area contributed by atoms with Crippen molar-refractivity contribution < 1.29 is 4.79 Å². The number of urea groups is 1. The van der Waals surface area contributed by atoms with Crippen molar-refractivity contribution in [1.29, 1.82) is 0 Å². The average molecular weight is 351 g/mol. The van der Waals surface area contributed by atoms with Gasteiger partial charge in [0.05, 0.1) is 16.6 Å². The monoisotopic (exact) mass is 350 g/mol. The summed E-state index contributed by atoms with van der Waals surface area (Å²) in [5, 5.41) is 2.93. The van der Waals surface area contributed by atoms with Gasteiger partial charge in [-0.25, -0.2) is 4.79 Å². The smallest absolute Gasteiger partial charge is 0.317 e. The molecule has 1 fully saturated rings. The predicted molar refractivity (Wildman–Crippen MR) is 92.7 cm³/mol. The van der Waals surface area contributed by atoms with E-state index in [-0.39, 0.29) is 6.03 Å². The van der Waals surface area contributed by atoms with E-state index in [0.29, 0.717) is 6.54 Å². The number of hydrogen-bond donors (Lipinski definition) is 1. The third-order valence-electron chi connectivity index (χ3n) is 3.81. The van der Waals surface area contributed by atoms with Crippen molar-refractivity contribution in [2.45, 2.75) is 13.1 Å². The van der Waals surface area contributed by atoms with Crippen molar-refractivity contribution in [2.75, 3.05) is 26.2 Å². The number of amides is 2. The van der Waals surface area contributed by atoms with E-state index in [1.165, 1.54) is 4.88 Å². The summed E-state index contributed by atoms with van der Waals surface area (Å²) >= 11 is 7.58. The van der Waals surface area contributed by atoms with Crippen LogP contribution >= 0.6 is 22.9 Å². The van der Waals surface area contributed by atoms with Crippen LogP contribution in [0, 0.1) is 0 Å². The van der Waals surface area contributed by atoms with E-state index in [1.54, 1.807) is 17.5 Å². The molecule has 0 unspecified atom stereocenters. The lowest BCUT2D eigenvalue weighted by Gasteiger charge is -2.34. The number of nitrogens with zero attached hydrogens (tertiary/aromatic N) is 3. The zero-order valence-electron chi connectivity index (χ0n) is 12.7. The maximum Gasteiger partial charge on any atom is 0.317 e. The van der Waals surface area contributed by atoms with Crippen molar-refractivity contribution in [3.8, 4) is 0 Å². The van der Waals surface area contributed by atoms with Crippen molar-refractivity contribution in [3.63, 3.8) is 0 Å². The average Bonchev–Trinajstić information content (AvgIpc) is 2.99. The van der Waals surface area contributed by atoms with Crippen molar-refractivity contribution in [2.24, 2.45) is 0 Å². The third kappa shape index (κ3) is 4.67. The number of nitrogens with one attached hydrogen (secondary N) is 1. The molecule has 1 N–H and O–H groups in total. The maximum absolute atomic E-state index is 12.2. The second-order valence-electron chi connectivity index (χ2n) is 5.45. The van der Waals surface area contributed by atoms with Crippen LogP contribution < -0.4 is 5.32 Å². The van der Waals surface area contributed by atoms with Crippen LogP contribution in [0.15, 0.2) is 36.5 Å². The summed E-state index contributed by atoms with van der Waals surface area (Å²) < 4.78 is 0.826. The summed E-state index contributed by atoms with van der Waals surface area (Å²) in [6.45, 7) is 4.62. The Balaban J connectivity index is 1.42. The second kappa shape index (κ2) is 7.77. The lowest BCUT2D eigenvalue weighted by atomic mass is 10.3. The Kier molecular flexibility index (Phi) is 5.48. The zero-order chi connectivity index (χ0) is 16.1. The molecule has 5 nitrogen and oxygen atoms in total. The number of pyridine rings is 1. The van der Waals surface area contributed by atoms with Crippen LogP contribution in [-0.4, -0.2) is 47.0 Å². The number of rotatable bonds is 4. The van der Waals surface area contributed by atoms with E-state index >= 15 is 0 Å². The van der Waals surface area contributed by atoms with Crippen LogP contribution in [0.5, 0.6) is 0 Å². The van der Waals surface area contributed by atoms with Gasteiger partial charge in [0.25, 0.3) is 0 Å². The van der Waals surface area contributed by atoms with E-state index in [1.807, 2.05) is 29.2 Å². The van der Waals surface area contributed by atoms with Gasteiger partial charge in [0.2, 0.25) is 0 Å². The number of carbonyl (C=O) groups is 1. The minimum absolute atomic E-state index is 0.0190. The number of aromatic nitrogens is 1. The highest BCUT2D eigenvalue weighted by Crippen LogP contribution is 2.23. The summed E-state index contributed by atoms with van der Waals surface area (Å²) in [7, 11) is 0. The Hall–Kier alpha value is -1.63. The Morgan fingerprint density at radius 1 is 1.22 bits per heavy atom. The standard InChI is InChI=1S/C16H19ClN4OS/c17-15-5-4-14(23-15)12-20-7-9-21(10-8-20)16(22)19-11-13-3-1-2-6-18-13/h1-6H,7-12H2,(H,19,22). The minimum Gasteiger partial charge on any atom is -0.332 e. The zero-order valence-corrected chi connectivity index (χ0v) is 14.3. The van der Waals surface area contributed by atoms with E-state index in [9.17, 15) is 4.79 Å². The quantitative estimate of drug-likeness (QED) is 0.922. The molecule has 23 heavy (non-hydrogen) atoms. The fraction of sp³-hybridized carbons (Fsp3) is 0.375. The van der Waals surface area contributed by atoms with Gasteiger partial charge in [0, 0.05) is 43.8 Å². The van der Waals surface area contributed by atoms with Crippen LogP contribution in [0.1, 0.15) is 10.6 Å². The fourth-order valence-electron chi connectivity index (χ4n) is 2.55. The molecule has 122 valence electrons. The lowest BCUT2D eigenvalue weighted by molar-refractivity contribution is 0.135. The van der Waals surface area contributed by atoms with Crippen LogP contribution in [0.2, 0.25) is 4.34 Å². The lowest BCUT2D eigenvalue weighted by Crippen LogP contribution is -2.51. The summed E-state index contributed by atoms with van der Waals surface area (Å²) in [6, 6.07) is 9.68. The molecule has 2 aromatic heterocycles. The second-order valence-corrected chi connectivity index (χ2v) is 7.25. The van der Waals surface area contributed by atoms with Gasteiger partial charge in [-0.1, -0.05) is 17.7 Å². The van der Waals surface area contributed by atoms with Gasteiger partial charge in [0.15, 0.2) is 0 Å². The van der Waals surface area contributed by atoms with Crippen LogP contribution in [0.4, 0.5) is 4.79 Å². The molecule has 0 radical (unpaired) electrons. The number of carbonyl (C=O) groups excluding carboxylic acids is 1. The number of halogens is 1. The molecule has 1 aliphatic heterocycles. The van der Waals surface area contributed by atoms with E-state index in [2.05, 4.69) is 21.3 Å². The molecule has 0 atom stereocenters. The molecule has 0 bridgehead atoms. The van der Waals surface area contributed by atoms with Gasteiger partial charge in [-0.05, 0) is 24.3 Å². The van der Waals surface area contributed by atoms with Crippen LogP contribution in [0.3, 0.4) is 0 Å². The Morgan fingerprint density at radius 2 is 2.04 bits per heavy atom. The number of piperazine rings is 1. The number of hydrogen-bond acceptors (Lipinski definition) is 4. The summed E-state index contributed by atoms with van der Waals surface area (Å²) in [6.07, 6.45) is 1.73. The minimum atomic E-state index is -0.0190. The third-order valence-corrected chi connectivity index (χ3v) is 5.03. The van der Waals surface area contributed by atoms with Gasteiger partial charge in [-0.15, -0.1) is 11.3 Å². The normalized spacial score (nSPS) is 15.6. The Labute approximate surface area is 144 Å². The molecular formula is C16H19ClN4OS. The highest BCUT2D eigenvalue weighted by Gasteiger charge is 2.21. The molecule has 3 rings (SSSR count). The van der Waals surface area contributed by atoms with Gasteiger partial charge in [-0.3, -0.25) is 9.88 Å². The van der Waals surface area contributed by atoms with E-state index < -0.39 is 0 Å². The molecule has 0 spiro atoms. The summed E-state index contributed by atoms with van der Waals surface area (Å²) in [4.78, 5) is 21.9. The fourth-order valence-corrected chi connectivity index (χ4v) is 3.68. The first-order valence-corrected chi connectivity index (χ1v) is 8.79. The molecule has 0 aliphatic carbocycles. The molecule has 0 aromatic carbocycles. The van der Waals surface area contributed by atoms with Crippen molar-refractivity contribution in [3.05, 3.63) is 51.4 Å². The molecule has 3 heterocycles. The van der Waals surface area contributed by atoms with Crippen molar-refractivity contribution >= 4 is 29.0 Å². The van der Waals surface area contributed by atoms with Crippen molar-refractivity contribution in [1.82, 2.24) is 20.1 Å². The molecule has 2 aromatic rings. The molecular weight excluding hydrogens is 332 g/mol. The highest BCUT2D eigenvalue weighted by atomic mass is 35.5. The van der Waals surface area contributed by atoms with E-state index in [0.717, 1.165) is 42.8 Å². The topological polar surface area (TPSA) is 48.5 Å². The first-order chi connectivity index (χ1) is 11.2. The molecule has 0 saturated carbocycles. The largest absolute Gasteiger partial charge is 0.332 e. The Morgan fingerprint density at radius 3 is 2.70 bits per heavy atom. The first-order valence-electron chi connectivity index (χ1n) is 7.60. The van der Waals surface area contributed by atoms with E-state index in [4.69, 9.17) is 11.6 Å². The van der Waals surface area contributed by atoms with Crippen LogP contribution in [-0.2, 0) is 13.1 Å². The molecule has 1 saturated heterocycles. The highest BCUT2D eigenvalue weighted by molar-refractivity contribution is 7.16. The molecule has 1 aliphatic rings. The van der Waals surface area contributed by atoms with Gasteiger partial charge >= 0.3 is 6.03 Å². The van der Waals surface area contributed by atoms with Gasteiger partial charge in [0.1, 0.15) is 0 Å². The van der Waals surface area contributed by atoms with Gasteiger partial charge < -0.3 is 10.2 Å². The summed E-state index contributed by atoms with van der Waals surface area (Å²) in [5.74, 6) is 0. The number of thiophene rings is 1. The summed E-state index contributed by atoms with van der Waals surface area (Å²) in [5.41, 5.74) is 0.870. The first kappa shape index (κ1) is 16.2. The van der Waals surface area contributed by atoms with Crippen LogP contribution in [0.25, 0.3) is 0 Å². The molecule has 2 amide bonds. The predicted octanol–water partition coefficient (Wildman–Crippen LogP) is 2.82.